The third-order valence-electron chi connectivity index (χ3n) is 3.02. The maximum absolute atomic E-state index is 12.1. The Labute approximate surface area is 107 Å². The maximum Gasteiger partial charge on any atom is 0.239 e. The van der Waals surface area contributed by atoms with Crippen LogP contribution >= 0.6 is 0 Å². The molecule has 0 bridgehead atoms. The highest BCUT2D eigenvalue weighted by molar-refractivity contribution is 5.81. The smallest absolute Gasteiger partial charge is 0.239 e. The fourth-order valence-electron chi connectivity index (χ4n) is 1.57. The van der Waals surface area contributed by atoms with E-state index in [1.54, 1.807) is 0 Å². The van der Waals surface area contributed by atoms with E-state index in [0.29, 0.717) is 11.8 Å². The summed E-state index contributed by atoms with van der Waals surface area (Å²) in [4.78, 5) is 14.1. The molecule has 2 N–H and O–H groups in total. The van der Waals surface area contributed by atoms with Gasteiger partial charge in [-0.15, -0.1) is 0 Å². The summed E-state index contributed by atoms with van der Waals surface area (Å²) >= 11 is 0. The Hall–Kier alpha value is -0.570. The zero-order valence-electron chi connectivity index (χ0n) is 12.2. The molecular formula is C14H30N2O. The first kappa shape index (κ1) is 16.4. The van der Waals surface area contributed by atoms with Gasteiger partial charge >= 0.3 is 0 Å². The molecule has 0 rings (SSSR count). The number of nitrogens with zero attached hydrogens (tertiary/aromatic N) is 1. The molecule has 0 aliphatic rings. The van der Waals surface area contributed by atoms with E-state index >= 15 is 0 Å². The molecule has 0 unspecified atom stereocenters. The molecule has 3 heteroatoms. The largest absolute Gasteiger partial charge is 0.341 e. The minimum absolute atomic E-state index is 0.119. The van der Waals surface area contributed by atoms with Crippen LogP contribution in [-0.4, -0.2) is 29.9 Å². The summed E-state index contributed by atoms with van der Waals surface area (Å²) < 4.78 is 0. The highest BCUT2D eigenvalue weighted by Crippen LogP contribution is 2.08. The van der Waals surface area contributed by atoms with Gasteiger partial charge in [-0.3, -0.25) is 4.79 Å². The van der Waals surface area contributed by atoms with Crippen molar-refractivity contribution in [1.82, 2.24) is 4.90 Å². The van der Waals surface area contributed by atoms with Crippen molar-refractivity contribution in [3.63, 3.8) is 0 Å². The van der Waals surface area contributed by atoms with Crippen LogP contribution in [0.3, 0.4) is 0 Å². The van der Waals surface area contributed by atoms with Gasteiger partial charge in [-0.25, -0.2) is 0 Å². The number of amides is 1. The average molecular weight is 242 g/mol. The van der Waals surface area contributed by atoms with Gasteiger partial charge in [0.05, 0.1) is 6.04 Å². The van der Waals surface area contributed by atoms with Gasteiger partial charge in [0.2, 0.25) is 5.91 Å². The van der Waals surface area contributed by atoms with E-state index in [9.17, 15) is 4.79 Å². The zero-order chi connectivity index (χ0) is 13.4. The highest BCUT2D eigenvalue weighted by atomic mass is 16.2. The Bertz CT molecular complexity index is 202. The van der Waals surface area contributed by atoms with Crippen molar-refractivity contribution >= 4 is 5.91 Å². The number of nitrogens with two attached hydrogens (primary N) is 1. The number of hydrogen-bond donors (Lipinski definition) is 1. The molecule has 0 aromatic rings. The quantitative estimate of drug-likeness (QED) is 0.711. The fourth-order valence-corrected chi connectivity index (χ4v) is 1.57. The molecule has 0 aromatic carbocycles. The summed E-state index contributed by atoms with van der Waals surface area (Å²) in [5, 5.41) is 0. The van der Waals surface area contributed by atoms with Gasteiger partial charge in [-0.1, -0.05) is 34.6 Å². The molecular weight excluding hydrogens is 212 g/mol. The van der Waals surface area contributed by atoms with E-state index in [0.717, 1.165) is 32.4 Å². The Morgan fingerprint density at radius 2 is 1.47 bits per heavy atom. The molecule has 0 spiro atoms. The van der Waals surface area contributed by atoms with Crippen LogP contribution in [0.15, 0.2) is 0 Å². The molecule has 0 heterocycles. The molecule has 0 fully saturated rings. The van der Waals surface area contributed by atoms with Crippen LogP contribution in [0.2, 0.25) is 0 Å². The number of hydrogen-bond acceptors (Lipinski definition) is 2. The maximum atomic E-state index is 12.1. The van der Waals surface area contributed by atoms with Crippen molar-refractivity contribution in [2.24, 2.45) is 17.6 Å². The highest BCUT2D eigenvalue weighted by Gasteiger charge is 2.19. The summed E-state index contributed by atoms with van der Waals surface area (Å²) in [6.07, 6.45) is 2.83. The molecule has 0 aliphatic heterocycles. The first-order chi connectivity index (χ1) is 7.88. The third kappa shape index (κ3) is 7.37. The van der Waals surface area contributed by atoms with Gasteiger partial charge in [0.1, 0.15) is 0 Å². The molecule has 102 valence electrons. The van der Waals surface area contributed by atoms with Crippen LogP contribution in [0.25, 0.3) is 0 Å². The van der Waals surface area contributed by atoms with E-state index in [-0.39, 0.29) is 11.9 Å². The van der Waals surface area contributed by atoms with Crippen molar-refractivity contribution in [3.8, 4) is 0 Å². The fraction of sp³-hybridized carbons (Fsp3) is 0.929. The standard InChI is InChI=1S/C14H30N2O/c1-6-13(15)14(17)16(9-7-11(2)3)10-8-12(4)5/h11-13H,6-10,15H2,1-5H3/t13-/m0/s1. The van der Waals surface area contributed by atoms with Gasteiger partial charge in [-0.05, 0) is 31.1 Å². The molecule has 0 radical (unpaired) electrons. The van der Waals surface area contributed by atoms with Crippen LogP contribution in [0.1, 0.15) is 53.9 Å². The summed E-state index contributed by atoms with van der Waals surface area (Å²) in [5.41, 5.74) is 5.84. The normalized spacial score (nSPS) is 13.2. The van der Waals surface area contributed by atoms with E-state index in [2.05, 4.69) is 27.7 Å². The minimum Gasteiger partial charge on any atom is -0.341 e. The van der Waals surface area contributed by atoms with Gasteiger partial charge in [0, 0.05) is 13.1 Å². The molecule has 0 saturated carbocycles. The van der Waals surface area contributed by atoms with E-state index in [1.807, 2.05) is 11.8 Å². The third-order valence-corrected chi connectivity index (χ3v) is 3.02. The van der Waals surface area contributed by atoms with Crippen LogP contribution in [0, 0.1) is 11.8 Å². The monoisotopic (exact) mass is 242 g/mol. The predicted octanol–water partition coefficient (Wildman–Crippen LogP) is 2.64. The van der Waals surface area contributed by atoms with Crippen molar-refractivity contribution < 1.29 is 4.79 Å². The second-order valence-electron chi connectivity index (χ2n) is 5.71. The zero-order valence-corrected chi connectivity index (χ0v) is 12.2. The van der Waals surface area contributed by atoms with Gasteiger partial charge in [0.15, 0.2) is 0 Å². The van der Waals surface area contributed by atoms with E-state index < -0.39 is 0 Å². The van der Waals surface area contributed by atoms with Crippen molar-refractivity contribution in [2.45, 2.75) is 59.9 Å². The molecule has 0 aromatic heterocycles. The summed E-state index contributed by atoms with van der Waals surface area (Å²) in [7, 11) is 0. The molecule has 1 amide bonds. The number of rotatable bonds is 8. The lowest BCUT2D eigenvalue weighted by Gasteiger charge is -2.26. The Morgan fingerprint density at radius 1 is 1.06 bits per heavy atom. The SMILES string of the molecule is CC[C@H](N)C(=O)N(CCC(C)C)CCC(C)C. The Kier molecular flexibility index (Phi) is 8.23. The van der Waals surface area contributed by atoms with Crippen LogP contribution in [0.5, 0.6) is 0 Å². The van der Waals surface area contributed by atoms with E-state index in [4.69, 9.17) is 5.73 Å². The van der Waals surface area contributed by atoms with Gasteiger partial charge in [-0.2, -0.15) is 0 Å². The first-order valence-corrected chi connectivity index (χ1v) is 6.92. The predicted molar refractivity (Wildman–Crippen MR) is 73.8 cm³/mol. The van der Waals surface area contributed by atoms with Crippen LogP contribution in [-0.2, 0) is 4.79 Å². The number of carbonyl (C=O) groups excluding carboxylic acids is 1. The second-order valence-corrected chi connectivity index (χ2v) is 5.71. The van der Waals surface area contributed by atoms with Crippen molar-refractivity contribution in [3.05, 3.63) is 0 Å². The lowest BCUT2D eigenvalue weighted by molar-refractivity contribution is -0.133. The molecule has 0 saturated heterocycles. The van der Waals surface area contributed by atoms with Gasteiger partial charge < -0.3 is 10.6 Å². The van der Waals surface area contributed by atoms with Crippen LogP contribution < -0.4 is 5.73 Å². The topological polar surface area (TPSA) is 46.3 Å². The summed E-state index contributed by atoms with van der Waals surface area (Å²) in [6, 6.07) is -0.325. The summed E-state index contributed by atoms with van der Waals surface area (Å²) in [6.45, 7) is 12.4. The number of carbonyl (C=O) groups is 1. The van der Waals surface area contributed by atoms with E-state index in [1.165, 1.54) is 0 Å². The second kappa shape index (κ2) is 8.51. The molecule has 0 aliphatic carbocycles. The molecule has 1 atom stereocenters. The minimum atomic E-state index is -0.325. The van der Waals surface area contributed by atoms with Crippen molar-refractivity contribution in [1.29, 1.82) is 0 Å². The average Bonchev–Trinajstić information content (AvgIpc) is 2.26. The van der Waals surface area contributed by atoms with Crippen LogP contribution in [0.4, 0.5) is 0 Å². The summed E-state index contributed by atoms with van der Waals surface area (Å²) in [5.74, 6) is 1.37. The molecule has 3 nitrogen and oxygen atoms in total. The van der Waals surface area contributed by atoms with Gasteiger partial charge in [0.25, 0.3) is 0 Å². The lowest BCUT2D eigenvalue weighted by atomic mass is 10.1. The van der Waals surface area contributed by atoms with Crippen molar-refractivity contribution in [2.75, 3.05) is 13.1 Å². The molecule has 17 heavy (non-hydrogen) atoms. The lowest BCUT2D eigenvalue weighted by Crippen LogP contribution is -2.44. The Morgan fingerprint density at radius 3 is 1.76 bits per heavy atom. The first-order valence-electron chi connectivity index (χ1n) is 6.92. The Balaban J connectivity index is 4.32.